The third kappa shape index (κ3) is 4.50. The first kappa shape index (κ1) is 12.3. The Morgan fingerprint density at radius 3 is 2.87 bits per heavy atom. The molecule has 0 aromatic heterocycles. The molecule has 1 atom stereocenters. The zero-order valence-electron chi connectivity index (χ0n) is 9.04. The summed E-state index contributed by atoms with van der Waals surface area (Å²) < 4.78 is 0. The van der Waals surface area contributed by atoms with Crippen LogP contribution in [0.3, 0.4) is 0 Å². The van der Waals surface area contributed by atoms with E-state index in [1.54, 1.807) is 0 Å². The molecule has 2 heteroatoms. The Balaban J connectivity index is 2.51. The van der Waals surface area contributed by atoms with Gasteiger partial charge < -0.3 is 5.11 Å². The van der Waals surface area contributed by atoms with Crippen molar-refractivity contribution < 1.29 is 5.11 Å². The molecule has 0 saturated carbocycles. The maximum Gasteiger partial charge on any atom is 0.0617 e. The Bertz CT molecular complexity index is 333. The standard InChI is InChI=1S/C13H17ClO/c1-3-10(2)7-13(15)9-11-5-4-6-12(14)8-11/h4-6,8,13,15H,2-3,7,9H2,1H3. The lowest BCUT2D eigenvalue weighted by Crippen LogP contribution is -2.11. The monoisotopic (exact) mass is 224 g/mol. The topological polar surface area (TPSA) is 20.2 Å². The van der Waals surface area contributed by atoms with E-state index in [9.17, 15) is 5.11 Å². The molecular formula is C13H17ClO. The van der Waals surface area contributed by atoms with Gasteiger partial charge in [0.25, 0.3) is 0 Å². The highest BCUT2D eigenvalue weighted by molar-refractivity contribution is 6.30. The first-order valence-electron chi connectivity index (χ1n) is 5.21. The molecule has 1 aromatic rings. The molecule has 1 N–H and O–H groups in total. The Morgan fingerprint density at radius 1 is 1.53 bits per heavy atom. The molecule has 0 heterocycles. The Kier molecular flexibility index (Phi) is 4.86. The van der Waals surface area contributed by atoms with E-state index in [4.69, 9.17) is 11.6 Å². The molecule has 15 heavy (non-hydrogen) atoms. The van der Waals surface area contributed by atoms with Gasteiger partial charge in [-0.3, -0.25) is 0 Å². The van der Waals surface area contributed by atoms with Gasteiger partial charge in [-0.15, -0.1) is 0 Å². The summed E-state index contributed by atoms with van der Waals surface area (Å²) in [5.74, 6) is 0. The van der Waals surface area contributed by atoms with Crippen molar-refractivity contribution in [1.29, 1.82) is 0 Å². The normalized spacial score (nSPS) is 12.5. The molecule has 0 saturated heterocycles. The van der Waals surface area contributed by atoms with Gasteiger partial charge in [-0.25, -0.2) is 0 Å². The van der Waals surface area contributed by atoms with Crippen LogP contribution in [0.15, 0.2) is 36.4 Å². The number of hydrogen-bond donors (Lipinski definition) is 1. The van der Waals surface area contributed by atoms with Gasteiger partial charge in [0.1, 0.15) is 0 Å². The van der Waals surface area contributed by atoms with E-state index >= 15 is 0 Å². The zero-order chi connectivity index (χ0) is 11.3. The SMILES string of the molecule is C=C(CC)CC(O)Cc1cccc(Cl)c1. The van der Waals surface area contributed by atoms with Crippen molar-refractivity contribution >= 4 is 11.6 Å². The predicted molar refractivity (Wildman–Crippen MR) is 65.2 cm³/mol. The molecule has 0 bridgehead atoms. The summed E-state index contributed by atoms with van der Waals surface area (Å²) >= 11 is 5.86. The van der Waals surface area contributed by atoms with E-state index in [-0.39, 0.29) is 6.10 Å². The van der Waals surface area contributed by atoms with E-state index in [0.29, 0.717) is 17.9 Å². The van der Waals surface area contributed by atoms with Gasteiger partial charge in [0.05, 0.1) is 6.10 Å². The minimum absolute atomic E-state index is 0.351. The first-order chi connectivity index (χ1) is 7.11. The summed E-state index contributed by atoms with van der Waals surface area (Å²) in [6, 6.07) is 7.60. The Morgan fingerprint density at radius 2 is 2.27 bits per heavy atom. The van der Waals surface area contributed by atoms with E-state index < -0.39 is 0 Å². The molecule has 0 aliphatic rings. The molecule has 1 unspecified atom stereocenters. The summed E-state index contributed by atoms with van der Waals surface area (Å²) in [6.45, 7) is 5.94. The highest BCUT2D eigenvalue weighted by Gasteiger charge is 2.06. The fourth-order valence-corrected chi connectivity index (χ4v) is 1.70. The number of benzene rings is 1. The van der Waals surface area contributed by atoms with Crippen LogP contribution in [-0.2, 0) is 6.42 Å². The molecule has 0 aliphatic carbocycles. The van der Waals surface area contributed by atoms with Crippen molar-refractivity contribution in [2.75, 3.05) is 0 Å². The van der Waals surface area contributed by atoms with E-state index in [0.717, 1.165) is 17.6 Å². The number of aliphatic hydroxyl groups is 1. The van der Waals surface area contributed by atoms with Crippen molar-refractivity contribution in [3.05, 3.63) is 47.0 Å². The number of halogens is 1. The van der Waals surface area contributed by atoms with Crippen LogP contribution in [0.4, 0.5) is 0 Å². The molecule has 1 nitrogen and oxygen atoms in total. The highest BCUT2D eigenvalue weighted by Crippen LogP contribution is 2.15. The number of aliphatic hydroxyl groups excluding tert-OH is 1. The maximum absolute atomic E-state index is 9.79. The molecule has 0 fully saturated rings. The van der Waals surface area contributed by atoms with Gasteiger partial charge in [-0.05, 0) is 37.0 Å². The molecule has 0 amide bonds. The summed E-state index contributed by atoms with van der Waals surface area (Å²) in [6.07, 6.45) is 1.88. The van der Waals surface area contributed by atoms with E-state index in [1.807, 2.05) is 24.3 Å². The van der Waals surface area contributed by atoms with Gasteiger partial charge in [-0.2, -0.15) is 0 Å². The quantitative estimate of drug-likeness (QED) is 0.758. The Hall–Kier alpha value is -0.790. The average Bonchev–Trinajstić information content (AvgIpc) is 2.17. The largest absolute Gasteiger partial charge is 0.392 e. The van der Waals surface area contributed by atoms with Crippen LogP contribution in [0.1, 0.15) is 25.3 Å². The minimum atomic E-state index is -0.351. The second kappa shape index (κ2) is 5.94. The zero-order valence-corrected chi connectivity index (χ0v) is 9.80. The fourth-order valence-electron chi connectivity index (χ4n) is 1.49. The number of rotatable bonds is 5. The lowest BCUT2D eigenvalue weighted by atomic mass is 10.0. The lowest BCUT2D eigenvalue weighted by Gasteiger charge is -2.11. The maximum atomic E-state index is 9.79. The van der Waals surface area contributed by atoms with Crippen molar-refractivity contribution in [1.82, 2.24) is 0 Å². The number of hydrogen-bond acceptors (Lipinski definition) is 1. The highest BCUT2D eigenvalue weighted by atomic mass is 35.5. The van der Waals surface area contributed by atoms with Gasteiger partial charge in [-0.1, -0.05) is 42.8 Å². The van der Waals surface area contributed by atoms with Gasteiger partial charge >= 0.3 is 0 Å². The lowest BCUT2D eigenvalue weighted by molar-refractivity contribution is 0.174. The molecule has 0 aliphatic heterocycles. The van der Waals surface area contributed by atoms with Crippen LogP contribution in [0.5, 0.6) is 0 Å². The van der Waals surface area contributed by atoms with Crippen molar-refractivity contribution in [3.8, 4) is 0 Å². The molecule has 1 aromatic carbocycles. The predicted octanol–water partition coefficient (Wildman–Crippen LogP) is 3.60. The average molecular weight is 225 g/mol. The molecule has 0 spiro atoms. The summed E-state index contributed by atoms with van der Waals surface area (Å²) in [5, 5.41) is 10.5. The van der Waals surface area contributed by atoms with Crippen LogP contribution >= 0.6 is 11.6 Å². The van der Waals surface area contributed by atoms with Crippen LogP contribution < -0.4 is 0 Å². The summed E-state index contributed by atoms with van der Waals surface area (Å²) in [4.78, 5) is 0. The van der Waals surface area contributed by atoms with E-state index in [1.165, 1.54) is 0 Å². The van der Waals surface area contributed by atoms with E-state index in [2.05, 4.69) is 13.5 Å². The van der Waals surface area contributed by atoms with Gasteiger partial charge in [0.2, 0.25) is 0 Å². The third-order valence-corrected chi connectivity index (χ3v) is 2.62. The minimum Gasteiger partial charge on any atom is -0.392 e. The Labute approximate surface area is 96.4 Å². The van der Waals surface area contributed by atoms with Crippen LogP contribution in [0.25, 0.3) is 0 Å². The molecule has 1 rings (SSSR count). The first-order valence-corrected chi connectivity index (χ1v) is 5.58. The fraction of sp³-hybridized carbons (Fsp3) is 0.385. The molecular weight excluding hydrogens is 208 g/mol. The molecule has 82 valence electrons. The van der Waals surface area contributed by atoms with Crippen molar-refractivity contribution in [2.45, 2.75) is 32.3 Å². The smallest absolute Gasteiger partial charge is 0.0617 e. The molecule has 0 radical (unpaired) electrons. The van der Waals surface area contributed by atoms with Crippen LogP contribution in [0, 0.1) is 0 Å². The second-order valence-electron chi connectivity index (χ2n) is 3.80. The van der Waals surface area contributed by atoms with Crippen molar-refractivity contribution in [3.63, 3.8) is 0 Å². The third-order valence-electron chi connectivity index (χ3n) is 2.38. The second-order valence-corrected chi connectivity index (χ2v) is 4.23. The summed E-state index contributed by atoms with van der Waals surface area (Å²) in [7, 11) is 0. The van der Waals surface area contributed by atoms with Gasteiger partial charge in [0, 0.05) is 5.02 Å². The van der Waals surface area contributed by atoms with Crippen LogP contribution in [0.2, 0.25) is 5.02 Å². The summed E-state index contributed by atoms with van der Waals surface area (Å²) in [5.41, 5.74) is 2.16. The van der Waals surface area contributed by atoms with Crippen LogP contribution in [-0.4, -0.2) is 11.2 Å². The van der Waals surface area contributed by atoms with Crippen molar-refractivity contribution in [2.24, 2.45) is 0 Å². The van der Waals surface area contributed by atoms with Gasteiger partial charge in [0.15, 0.2) is 0 Å².